The van der Waals surface area contributed by atoms with Gasteiger partial charge in [-0.05, 0) is 38.0 Å². The van der Waals surface area contributed by atoms with Gasteiger partial charge in [0.1, 0.15) is 0 Å². The van der Waals surface area contributed by atoms with Crippen LogP contribution in [0.25, 0.3) is 0 Å². The molecule has 2 atom stereocenters. The third-order valence-corrected chi connectivity index (χ3v) is 2.89. The predicted molar refractivity (Wildman–Crippen MR) is 58.7 cm³/mol. The first-order chi connectivity index (χ1) is 6.83. The molecule has 14 heavy (non-hydrogen) atoms. The van der Waals surface area contributed by atoms with Crippen LogP contribution in [0.2, 0.25) is 0 Å². The predicted octanol–water partition coefficient (Wildman–Crippen LogP) is 1.60. The molecule has 3 heteroatoms. The van der Waals surface area contributed by atoms with Crippen LogP contribution in [0.4, 0.5) is 0 Å². The lowest BCUT2D eigenvalue weighted by molar-refractivity contribution is 0.0478. The van der Waals surface area contributed by atoms with E-state index in [4.69, 9.17) is 10.6 Å². The Bertz CT molecular complexity index is 169. The maximum atomic E-state index is 5.54. The van der Waals surface area contributed by atoms with Gasteiger partial charge in [0.2, 0.25) is 0 Å². The molecule has 0 aliphatic heterocycles. The Labute approximate surface area is 86.7 Å². The van der Waals surface area contributed by atoms with Crippen molar-refractivity contribution >= 4 is 0 Å². The molecule has 0 bridgehead atoms. The zero-order chi connectivity index (χ0) is 10.4. The number of allylic oxidation sites excluding steroid dienone is 1. The molecule has 0 aromatic heterocycles. The van der Waals surface area contributed by atoms with Gasteiger partial charge in [-0.2, -0.15) is 0 Å². The minimum Gasteiger partial charge on any atom is -0.379 e. The smallest absolute Gasteiger partial charge is 0.0765 e. The molecule has 3 N–H and O–H groups in total. The summed E-state index contributed by atoms with van der Waals surface area (Å²) in [4.78, 5) is 0. The topological polar surface area (TPSA) is 47.3 Å². The number of ether oxygens (including phenoxy) is 1. The summed E-state index contributed by atoms with van der Waals surface area (Å²) >= 11 is 0. The Hall–Kier alpha value is -0.380. The molecule has 1 aliphatic rings. The van der Waals surface area contributed by atoms with Gasteiger partial charge in [-0.15, -0.1) is 6.58 Å². The molecular weight excluding hydrogens is 176 g/mol. The van der Waals surface area contributed by atoms with E-state index in [-0.39, 0.29) is 0 Å². The van der Waals surface area contributed by atoms with Gasteiger partial charge >= 0.3 is 0 Å². The van der Waals surface area contributed by atoms with Crippen LogP contribution in [-0.4, -0.2) is 19.3 Å². The molecule has 3 nitrogen and oxygen atoms in total. The second kappa shape index (κ2) is 6.17. The van der Waals surface area contributed by atoms with Crippen molar-refractivity contribution in [3.05, 3.63) is 12.7 Å². The SMILES string of the molecule is C=CCCCC(NN)C(OC)C1CC1. The summed E-state index contributed by atoms with van der Waals surface area (Å²) in [5, 5.41) is 0. The van der Waals surface area contributed by atoms with Crippen molar-refractivity contribution in [2.24, 2.45) is 11.8 Å². The Morgan fingerprint density at radius 1 is 1.64 bits per heavy atom. The summed E-state index contributed by atoms with van der Waals surface area (Å²) in [6.45, 7) is 3.71. The van der Waals surface area contributed by atoms with Crippen LogP contribution in [0.5, 0.6) is 0 Å². The normalized spacial score (nSPS) is 20.4. The van der Waals surface area contributed by atoms with Crippen LogP contribution >= 0.6 is 0 Å². The first-order valence-electron chi connectivity index (χ1n) is 5.43. The van der Waals surface area contributed by atoms with Crippen molar-refractivity contribution in [1.82, 2.24) is 5.43 Å². The van der Waals surface area contributed by atoms with Crippen molar-refractivity contribution in [1.29, 1.82) is 0 Å². The van der Waals surface area contributed by atoms with Crippen LogP contribution in [0, 0.1) is 5.92 Å². The van der Waals surface area contributed by atoms with E-state index in [1.54, 1.807) is 7.11 Å². The van der Waals surface area contributed by atoms with Gasteiger partial charge in [-0.3, -0.25) is 11.3 Å². The zero-order valence-corrected chi connectivity index (χ0v) is 9.04. The molecule has 0 spiro atoms. The van der Waals surface area contributed by atoms with Crippen molar-refractivity contribution in [2.75, 3.05) is 7.11 Å². The number of hydrogen-bond acceptors (Lipinski definition) is 3. The third kappa shape index (κ3) is 3.40. The number of hydrazine groups is 1. The summed E-state index contributed by atoms with van der Waals surface area (Å²) in [5.41, 5.74) is 2.87. The second-order valence-electron chi connectivity index (χ2n) is 4.03. The van der Waals surface area contributed by atoms with Crippen molar-refractivity contribution in [2.45, 2.75) is 44.2 Å². The van der Waals surface area contributed by atoms with Gasteiger partial charge in [-0.1, -0.05) is 6.08 Å². The molecule has 0 heterocycles. The lowest BCUT2D eigenvalue weighted by Crippen LogP contribution is -2.45. The Morgan fingerprint density at radius 2 is 2.36 bits per heavy atom. The maximum absolute atomic E-state index is 5.54. The van der Waals surface area contributed by atoms with Gasteiger partial charge in [0.25, 0.3) is 0 Å². The van der Waals surface area contributed by atoms with Crippen molar-refractivity contribution in [3.63, 3.8) is 0 Å². The molecule has 1 aliphatic carbocycles. The third-order valence-electron chi connectivity index (χ3n) is 2.89. The van der Waals surface area contributed by atoms with E-state index >= 15 is 0 Å². The molecule has 0 aromatic carbocycles. The molecule has 2 unspecified atom stereocenters. The number of nitrogens with one attached hydrogen (secondary N) is 1. The molecule has 0 aromatic rings. The van der Waals surface area contributed by atoms with E-state index in [1.807, 2.05) is 6.08 Å². The van der Waals surface area contributed by atoms with Crippen LogP contribution in [0.3, 0.4) is 0 Å². The van der Waals surface area contributed by atoms with E-state index in [0.29, 0.717) is 12.1 Å². The summed E-state index contributed by atoms with van der Waals surface area (Å²) in [7, 11) is 1.78. The first kappa shape index (κ1) is 11.7. The van der Waals surface area contributed by atoms with Crippen molar-refractivity contribution < 1.29 is 4.74 Å². The fraction of sp³-hybridized carbons (Fsp3) is 0.818. The lowest BCUT2D eigenvalue weighted by Gasteiger charge is -2.25. The first-order valence-corrected chi connectivity index (χ1v) is 5.43. The Balaban J connectivity index is 2.29. The number of hydrogen-bond donors (Lipinski definition) is 2. The van der Waals surface area contributed by atoms with E-state index in [9.17, 15) is 0 Å². The second-order valence-corrected chi connectivity index (χ2v) is 4.03. The van der Waals surface area contributed by atoms with Gasteiger partial charge in [0.15, 0.2) is 0 Å². The van der Waals surface area contributed by atoms with E-state index in [0.717, 1.165) is 25.2 Å². The highest BCUT2D eigenvalue weighted by Crippen LogP contribution is 2.36. The van der Waals surface area contributed by atoms with Crippen molar-refractivity contribution in [3.8, 4) is 0 Å². The number of rotatable bonds is 8. The molecular formula is C11H22N2O. The minimum atomic E-state index is 0.296. The molecule has 0 radical (unpaired) electrons. The Kier molecular flexibility index (Phi) is 5.15. The molecule has 1 rings (SSSR count). The summed E-state index contributed by atoms with van der Waals surface area (Å²) in [5.74, 6) is 6.27. The average molecular weight is 198 g/mol. The minimum absolute atomic E-state index is 0.296. The fourth-order valence-electron chi connectivity index (χ4n) is 1.93. The fourth-order valence-corrected chi connectivity index (χ4v) is 1.93. The standard InChI is InChI=1S/C11H22N2O/c1-3-4-5-6-10(13-12)11(14-2)9-7-8-9/h3,9-11,13H,1,4-8,12H2,2H3. The van der Waals surface area contributed by atoms with Crippen LogP contribution in [0.15, 0.2) is 12.7 Å². The largest absolute Gasteiger partial charge is 0.379 e. The highest BCUT2D eigenvalue weighted by atomic mass is 16.5. The highest BCUT2D eigenvalue weighted by Gasteiger charge is 2.35. The number of methoxy groups -OCH3 is 1. The van der Waals surface area contributed by atoms with Crippen LogP contribution < -0.4 is 11.3 Å². The van der Waals surface area contributed by atoms with E-state index < -0.39 is 0 Å². The van der Waals surface area contributed by atoms with E-state index in [2.05, 4.69) is 12.0 Å². The molecule has 0 amide bonds. The maximum Gasteiger partial charge on any atom is 0.0765 e. The molecule has 1 fully saturated rings. The van der Waals surface area contributed by atoms with Gasteiger partial charge in [0.05, 0.1) is 6.10 Å². The zero-order valence-electron chi connectivity index (χ0n) is 9.04. The molecule has 1 saturated carbocycles. The highest BCUT2D eigenvalue weighted by molar-refractivity contribution is 4.89. The molecule has 0 saturated heterocycles. The average Bonchev–Trinajstić information content (AvgIpc) is 3.01. The monoisotopic (exact) mass is 198 g/mol. The van der Waals surface area contributed by atoms with Gasteiger partial charge in [-0.25, -0.2) is 0 Å². The quantitative estimate of drug-likeness (QED) is 0.269. The van der Waals surface area contributed by atoms with Crippen LogP contribution in [0.1, 0.15) is 32.1 Å². The molecule has 82 valence electrons. The number of nitrogens with two attached hydrogens (primary N) is 1. The summed E-state index contributed by atoms with van der Waals surface area (Å²) in [6, 6.07) is 0.299. The van der Waals surface area contributed by atoms with Gasteiger partial charge in [0, 0.05) is 13.2 Å². The van der Waals surface area contributed by atoms with E-state index in [1.165, 1.54) is 12.8 Å². The van der Waals surface area contributed by atoms with Crippen LogP contribution in [-0.2, 0) is 4.74 Å². The number of unbranched alkanes of at least 4 members (excludes halogenated alkanes) is 1. The summed E-state index contributed by atoms with van der Waals surface area (Å²) in [6.07, 6.45) is 8.08. The summed E-state index contributed by atoms with van der Waals surface area (Å²) < 4.78 is 5.49. The Morgan fingerprint density at radius 3 is 2.79 bits per heavy atom. The lowest BCUT2D eigenvalue weighted by atomic mass is 10.0. The van der Waals surface area contributed by atoms with Gasteiger partial charge < -0.3 is 4.74 Å².